The van der Waals surface area contributed by atoms with Gasteiger partial charge in [-0.25, -0.2) is 0 Å². The van der Waals surface area contributed by atoms with Crippen molar-refractivity contribution in [3.05, 3.63) is 29.3 Å². The van der Waals surface area contributed by atoms with Crippen LogP contribution in [0.2, 0.25) is 0 Å². The van der Waals surface area contributed by atoms with Gasteiger partial charge in [0.2, 0.25) is 0 Å². The first-order chi connectivity index (χ1) is 9.76. The molecule has 0 unspecified atom stereocenters. The number of aliphatic hydroxyl groups is 1. The Morgan fingerprint density at radius 3 is 2.43 bits per heavy atom. The molecule has 1 saturated heterocycles. The quantitative estimate of drug-likeness (QED) is 0.818. The average Bonchev–Trinajstić information content (AvgIpc) is 2.40. The van der Waals surface area contributed by atoms with Crippen molar-refractivity contribution >= 4 is 11.6 Å². The Labute approximate surface area is 126 Å². The smallest absolute Gasteiger partial charge is 0.254 e. The van der Waals surface area contributed by atoms with E-state index < -0.39 is 5.60 Å². The molecule has 0 atom stereocenters. The number of hydrogen-bond donors (Lipinski definition) is 2. The third kappa shape index (κ3) is 4.19. The van der Waals surface area contributed by atoms with E-state index in [-0.39, 0.29) is 5.91 Å². The molecule has 1 amide bonds. The molecule has 0 aromatic heterocycles. The molecule has 5 nitrogen and oxygen atoms in total. The maximum atomic E-state index is 12.5. The summed E-state index contributed by atoms with van der Waals surface area (Å²) in [6.45, 7) is 9.12. The Kier molecular flexibility index (Phi) is 4.54. The van der Waals surface area contributed by atoms with Crippen molar-refractivity contribution in [3.63, 3.8) is 0 Å². The molecule has 1 aliphatic rings. The van der Waals surface area contributed by atoms with Crippen LogP contribution >= 0.6 is 0 Å². The predicted octanol–water partition coefficient (Wildman–Crippen LogP) is 1.11. The molecule has 1 aromatic rings. The first-order valence-corrected chi connectivity index (χ1v) is 7.36. The third-order valence-electron chi connectivity index (χ3n) is 3.80. The summed E-state index contributed by atoms with van der Waals surface area (Å²) in [6.07, 6.45) is 0. The molecule has 1 aliphatic heterocycles. The molecular weight excluding hydrogens is 266 g/mol. The largest absolute Gasteiger partial charge is 0.398 e. The van der Waals surface area contributed by atoms with Crippen molar-refractivity contribution in [1.29, 1.82) is 0 Å². The van der Waals surface area contributed by atoms with E-state index in [4.69, 9.17) is 5.73 Å². The maximum Gasteiger partial charge on any atom is 0.254 e. The number of hydrogen-bond acceptors (Lipinski definition) is 4. The highest BCUT2D eigenvalue weighted by Gasteiger charge is 2.25. The van der Waals surface area contributed by atoms with Gasteiger partial charge in [0.05, 0.1) is 5.60 Å². The Hall–Kier alpha value is -1.59. The van der Waals surface area contributed by atoms with Crippen LogP contribution in [0.25, 0.3) is 0 Å². The van der Waals surface area contributed by atoms with E-state index in [1.54, 1.807) is 19.9 Å². The maximum absolute atomic E-state index is 12.5. The second-order valence-electron chi connectivity index (χ2n) is 6.45. The van der Waals surface area contributed by atoms with E-state index in [0.717, 1.165) is 18.7 Å². The molecule has 0 aliphatic carbocycles. The number of piperazine rings is 1. The van der Waals surface area contributed by atoms with Crippen LogP contribution in [0.15, 0.2) is 18.2 Å². The van der Waals surface area contributed by atoms with Gasteiger partial charge in [0.1, 0.15) is 0 Å². The van der Waals surface area contributed by atoms with Gasteiger partial charge in [0.25, 0.3) is 5.91 Å². The first-order valence-electron chi connectivity index (χ1n) is 7.36. The van der Waals surface area contributed by atoms with E-state index >= 15 is 0 Å². The van der Waals surface area contributed by atoms with E-state index in [1.165, 1.54) is 0 Å². The number of anilines is 1. The zero-order valence-electron chi connectivity index (χ0n) is 13.1. The van der Waals surface area contributed by atoms with Crippen LogP contribution in [-0.4, -0.2) is 59.1 Å². The topological polar surface area (TPSA) is 69.8 Å². The summed E-state index contributed by atoms with van der Waals surface area (Å²) in [5.41, 5.74) is 7.46. The normalized spacial score (nSPS) is 17.0. The third-order valence-corrected chi connectivity index (χ3v) is 3.80. The number of nitrogen functional groups attached to an aromatic ring is 1. The summed E-state index contributed by atoms with van der Waals surface area (Å²) < 4.78 is 0. The van der Waals surface area contributed by atoms with Crippen molar-refractivity contribution < 1.29 is 9.90 Å². The minimum absolute atomic E-state index is 0.0320. The summed E-state index contributed by atoms with van der Waals surface area (Å²) in [6, 6.07) is 5.46. The molecule has 21 heavy (non-hydrogen) atoms. The van der Waals surface area contributed by atoms with Gasteiger partial charge in [-0.1, -0.05) is 6.07 Å². The number of amides is 1. The molecule has 0 spiro atoms. The fourth-order valence-corrected chi connectivity index (χ4v) is 2.61. The molecular formula is C16H25N3O2. The van der Waals surface area contributed by atoms with Gasteiger partial charge >= 0.3 is 0 Å². The van der Waals surface area contributed by atoms with Gasteiger partial charge in [-0.2, -0.15) is 0 Å². The minimum Gasteiger partial charge on any atom is -0.398 e. The summed E-state index contributed by atoms with van der Waals surface area (Å²) in [5.74, 6) is 0.0320. The van der Waals surface area contributed by atoms with E-state index in [2.05, 4.69) is 4.90 Å². The lowest BCUT2D eigenvalue weighted by Crippen LogP contribution is -2.52. The van der Waals surface area contributed by atoms with Crippen molar-refractivity contribution in [2.24, 2.45) is 0 Å². The predicted molar refractivity (Wildman–Crippen MR) is 84.2 cm³/mol. The van der Waals surface area contributed by atoms with Crippen LogP contribution < -0.4 is 5.73 Å². The highest BCUT2D eigenvalue weighted by Crippen LogP contribution is 2.16. The Balaban J connectivity index is 1.95. The van der Waals surface area contributed by atoms with E-state index in [1.807, 2.05) is 24.0 Å². The van der Waals surface area contributed by atoms with Crippen LogP contribution in [0.4, 0.5) is 5.69 Å². The second kappa shape index (κ2) is 6.03. The van der Waals surface area contributed by atoms with Gasteiger partial charge in [-0.3, -0.25) is 9.69 Å². The fourth-order valence-electron chi connectivity index (χ4n) is 2.61. The van der Waals surface area contributed by atoms with Crippen LogP contribution in [0, 0.1) is 6.92 Å². The first kappa shape index (κ1) is 15.8. The SMILES string of the molecule is Cc1ccc(C(=O)N2CCN(CC(C)(C)O)CC2)cc1N. The van der Waals surface area contributed by atoms with Gasteiger partial charge in [-0.05, 0) is 38.5 Å². The molecule has 0 saturated carbocycles. The summed E-state index contributed by atoms with van der Waals surface area (Å²) in [7, 11) is 0. The number of rotatable bonds is 3. The van der Waals surface area contributed by atoms with Crippen molar-refractivity contribution in [2.45, 2.75) is 26.4 Å². The number of nitrogens with zero attached hydrogens (tertiary/aromatic N) is 2. The number of β-amino-alcohol motifs (C(OH)–C–C–N with tert-alkyl or cyclic N) is 1. The highest BCUT2D eigenvalue weighted by molar-refractivity contribution is 5.95. The zero-order valence-corrected chi connectivity index (χ0v) is 13.1. The van der Waals surface area contributed by atoms with Crippen LogP contribution in [0.1, 0.15) is 29.8 Å². The Morgan fingerprint density at radius 2 is 1.90 bits per heavy atom. The van der Waals surface area contributed by atoms with Crippen LogP contribution in [0.3, 0.4) is 0 Å². The lowest BCUT2D eigenvalue weighted by molar-refractivity contribution is 0.0178. The number of benzene rings is 1. The van der Waals surface area contributed by atoms with Crippen molar-refractivity contribution in [1.82, 2.24) is 9.80 Å². The molecule has 5 heteroatoms. The van der Waals surface area contributed by atoms with Crippen molar-refractivity contribution in [2.75, 3.05) is 38.5 Å². The Morgan fingerprint density at radius 1 is 1.29 bits per heavy atom. The van der Waals surface area contributed by atoms with Gasteiger partial charge in [-0.15, -0.1) is 0 Å². The Bertz CT molecular complexity index is 515. The summed E-state index contributed by atoms with van der Waals surface area (Å²) >= 11 is 0. The number of aryl methyl sites for hydroxylation is 1. The highest BCUT2D eigenvalue weighted by atomic mass is 16.3. The van der Waals surface area contributed by atoms with E-state index in [0.29, 0.717) is 30.9 Å². The lowest BCUT2D eigenvalue weighted by Gasteiger charge is -2.37. The second-order valence-corrected chi connectivity index (χ2v) is 6.45. The lowest BCUT2D eigenvalue weighted by atomic mass is 10.1. The summed E-state index contributed by atoms with van der Waals surface area (Å²) in [4.78, 5) is 16.5. The number of carbonyl (C=O) groups excluding carboxylic acids is 1. The van der Waals surface area contributed by atoms with E-state index in [9.17, 15) is 9.90 Å². The average molecular weight is 291 g/mol. The molecule has 1 aromatic carbocycles. The standard InChI is InChI=1S/C16H25N3O2/c1-12-4-5-13(10-14(12)17)15(20)19-8-6-18(7-9-19)11-16(2,3)21/h4-5,10,21H,6-9,11,17H2,1-3H3. The molecule has 1 heterocycles. The minimum atomic E-state index is -0.697. The molecule has 2 rings (SSSR count). The van der Waals surface area contributed by atoms with Crippen molar-refractivity contribution in [3.8, 4) is 0 Å². The van der Waals surface area contributed by atoms with Crippen LogP contribution in [-0.2, 0) is 0 Å². The van der Waals surface area contributed by atoms with Gasteiger partial charge < -0.3 is 15.7 Å². The summed E-state index contributed by atoms with van der Waals surface area (Å²) in [5, 5.41) is 9.84. The molecule has 0 bridgehead atoms. The number of carbonyl (C=O) groups is 1. The molecule has 1 fully saturated rings. The van der Waals surface area contributed by atoms with Gasteiger partial charge in [0, 0.05) is 44.0 Å². The fraction of sp³-hybridized carbons (Fsp3) is 0.562. The van der Waals surface area contributed by atoms with Gasteiger partial charge in [0.15, 0.2) is 0 Å². The zero-order chi connectivity index (χ0) is 15.6. The molecule has 116 valence electrons. The number of nitrogens with two attached hydrogens (primary N) is 1. The molecule has 3 N–H and O–H groups in total. The molecule has 0 radical (unpaired) electrons. The van der Waals surface area contributed by atoms with Crippen LogP contribution in [0.5, 0.6) is 0 Å². The monoisotopic (exact) mass is 291 g/mol.